The molecule has 16 heavy (non-hydrogen) atoms. The van der Waals surface area contributed by atoms with Gasteiger partial charge in [0, 0.05) is 22.1 Å². The molecule has 0 saturated heterocycles. The molecule has 2 atom stereocenters. The van der Waals surface area contributed by atoms with E-state index >= 15 is 0 Å². The van der Waals surface area contributed by atoms with Gasteiger partial charge in [0.2, 0.25) is 0 Å². The lowest BCUT2D eigenvalue weighted by Crippen LogP contribution is -2.20. The molecule has 88 valence electrons. The van der Waals surface area contributed by atoms with Crippen molar-refractivity contribution >= 4 is 21.7 Å². The molecule has 0 bridgehead atoms. The smallest absolute Gasteiger partial charge is 0.133 e. The third-order valence-electron chi connectivity index (χ3n) is 2.94. The molecule has 0 aliphatic heterocycles. The molecule has 0 amide bonds. The van der Waals surface area contributed by atoms with Crippen LogP contribution in [0.15, 0.2) is 6.33 Å². The fourth-order valence-corrected chi connectivity index (χ4v) is 2.82. The maximum absolute atomic E-state index is 4.36. The van der Waals surface area contributed by atoms with Crippen molar-refractivity contribution in [2.24, 2.45) is 0 Å². The molecule has 2 rings (SSSR count). The lowest BCUT2D eigenvalue weighted by Gasteiger charge is -2.17. The highest BCUT2D eigenvalue weighted by molar-refractivity contribution is 9.09. The number of aryl methyl sites for hydroxylation is 1. The second-order valence-corrected chi connectivity index (χ2v) is 6.13. The number of anilines is 1. The van der Waals surface area contributed by atoms with Crippen LogP contribution in [0.25, 0.3) is 0 Å². The molecule has 4 heteroatoms. The van der Waals surface area contributed by atoms with Gasteiger partial charge in [-0.15, -0.1) is 0 Å². The van der Waals surface area contributed by atoms with Crippen LogP contribution in [0.2, 0.25) is 0 Å². The second-order valence-electron chi connectivity index (χ2n) is 4.56. The Hall–Kier alpha value is -0.640. The Labute approximate surface area is 105 Å². The van der Waals surface area contributed by atoms with Crippen molar-refractivity contribution in [1.29, 1.82) is 0 Å². The van der Waals surface area contributed by atoms with E-state index in [1.54, 1.807) is 6.33 Å². The number of hydrogen-bond acceptors (Lipinski definition) is 3. The summed E-state index contributed by atoms with van der Waals surface area (Å²) in [6, 6.07) is 0.439. The Morgan fingerprint density at radius 2 is 2.19 bits per heavy atom. The number of hydrogen-bond donors (Lipinski definition) is 1. The summed E-state index contributed by atoms with van der Waals surface area (Å²) < 4.78 is 0. The number of rotatable bonds is 4. The quantitative estimate of drug-likeness (QED) is 0.864. The van der Waals surface area contributed by atoms with E-state index in [1.807, 2.05) is 0 Å². The van der Waals surface area contributed by atoms with Crippen LogP contribution in [0.1, 0.15) is 37.9 Å². The van der Waals surface area contributed by atoms with Gasteiger partial charge in [-0.1, -0.05) is 22.9 Å². The van der Waals surface area contributed by atoms with E-state index in [2.05, 4.69) is 45.1 Å². The molecular weight excluding hydrogens is 266 g/mol. The Morgan fingerprint density at radius 1 is 1.38 bits per heavy atom. The predicted molar refractivity (Wildman–Crippen MR) is 70.1 cm³/mol. The van der Waals surface area contributed by atoms with Gasteiger partial charge in [0.25, 0.3) is 0 Å². The van der Waals surface area contributed by atoms with Gasteiger partial charge in [0.05, 0.1) is 0 Å². The minimum Gasteiger partial charge on any atom is -0.367 e. The summed E-state index contributed by atoms with van der Waals surface area (Å²) in [6.07, 6.45) is 6.21. The molecule has 0 aromatic carbocycles. The molecule has 0 saturated carbocycles. The van der Waals surface area contributed by atoms with E-state index in [9.17, 15) is 0 Å². The first-order valence-corrected chi connectivity index (χ1v) is 6.81. The molecule has 1 N–H and O–H groups in total. The summed E-state index contributed by atoms with van der Waals surface area (Å²) in [4.78, 5) is 9.22. The number of alkyl halides is 1. The van der Waals surface area contributed by atoms with Gasteiger partial charge in [-0.2, -0.15) is 0 Å². The highest BCUT2D eigenvalue weighted by Crippen LogP contribution is 2.26. The molecule has 1 aromatic rings. The maximum Gasteiger partial charge on any atom is 0.133 e. The second kappa shape index (κ2) is 5.13. The summed E-state index contributed by atoms with van der Waals surface area (Å²) in [6.45, 7) is 4.36. The summed E-state index contributed by atoms with van der Waals surface area (Å²) in [5, 5.41) is 3.49. The first kappa shape index (κ1) is 11.8. The molecule has 2 unspecified atom stereocenters. The van der Waals surface area contributed by atoms with Crippen LogP contribution in [0.3, 0.4) is 0 Å². The van der Waals surface area contributed by atoms with Crippen LogP contribution < -0.4 is 5.32 Å². The van der Waals surface area contributed by atoms with E-state index in [-0.39, 0.29) is 0 Å². The Kier molecular flexibility index (Phi) is 3.79. The van der Waals surface area contributed by atoms with Gasteiger partial charge in [0.1, 0.15) is 12.1 Å². The highest BCUT2D eigenvalue weighted by atomic mass is 79.9. The van der Waals surface area contributed by atoms with Crippen LogP contribution in [-0.4, -0.2) is 20.8 Å². The predicted octanol–water partition coefficient (Wildman–Crippen LogP) is 2.94. The lowest BCUT2D eigenvalue weighted by atomic mass is 10.1. The van der Waals surface area contributed by atoms with E-state index in [4.69, 9.17) is 0 Å². The molecule has 0 spiro atoms. The first-order chi connectivity index (χ1) is 7.66. The number of fused-ring (bicyclic) bond motifs is 1. The lowest BCUT2D eigenvalue weighted by molar-refractivity contribution is 0.703. The zero-order valence-corrected chi connectivity index (χ0v) is 11.4. The highest BCUT2D eigenvalue weighted by Gasteiger charge is 2.18. The standard InChI is InChI=1S/C12H18BrN3/c1-8(13)6-9(2)16-12-10-4-3-5-11(10)14-7-15-12/h7-9H,3-6H2,1-2H3,(H,14,15,16). The van der Waals surface area contributed by atoms with Crippen LogP contribution in [0.4, 0.5) is 5.82 Å². The largest absolute Gasteiger partial charge is 0.367 e. The van der Waals surface area contributed by atoms with Gasteiger partial charge in [-0.25, -0.2) is 9.97 Å². The molecular formula is C12H18BrN3. The third-order valence-corrected chi connectivity index (χ3v) is 3.31. The molecule has 0 fully saturated rings. The van der Waals surface area contributed by atoms with Gasteiger partial charge >= 0.3 is 0 Å². The molecule has 1 aliphatic carbocycles. The number of nitrogens with one attached hydrogen (secondary N) is 1. The normalized spacial score (nSPS) is 17.9. The van der Waals surface area contributed by atoms with Crippen LogP contribution in [0.5, 0.6) is 0 Å². The van der Waals surface area contributed by atoms with Crippen molar-refractivity contribution in [3.05, 3.63) is 17.6 Å². The third kappa shape index (κ3) is 2.73. The fraction of sp³-hybridized carbons (Fsp3) is 0.667. The summed E-state index contributed by atoms with van der Waals surface area (Å²) in [7, 11) is 0. The number of nitrogens with zero attached hydrogens (tertiary/aromatic N) is 2. The minimum absolute atomic E-state index is 0.439. The Bertz CT molecular complexity index is 365. The average molecular weight is 284 g/mol. The van der Waals surface area contributed by atoms with E-state index in [0.29, 0.717) is 10.9 Å². The molecule has 1 aliphatic rings. The summed E-state index contributed by atoms with van der Waals surface area (Å²) >= 11 is 3.58. The van der Waals surface area contributed by atoms with E-state index in [0.717, 1.165) is 25.1 Å². The van der Waals surface area contributed by atoms with Crippen molar-refractivity contribution in [3.8, 4) is 0 Å². The van der Waals surface area contributed by atoms with Crippen LogP contribution in [0, 0.1) is 0 Å². The maximum atomic E-state index is 4.36. The van der Waals surface area contributed by atoms with Crippen molar-refractivity contribution in [1.82, 2.24) is 9.97 Å². The topological polar surface area (TPSA) is 37.8 Å². The fourth-order valence-electron chi connectivity index (χ4n) is 2.26. The molecule has 1 aromatic heterocycles. The van der Waals surface area contributed by atoms with Crippen molar-refractivity contribution in [2.75, 3.05) is 5.32 Å². The Morgan fingerprint density at radius 3 is 2.94 bits per heavy atom. The zero-order chi connectivity index (χ0) is 11.5. The molecule has 3 nitrogen and oxygen atoms in total. The van der Waals surface area contributed by atoms with Gasteiger partial charge in [-0.3, -0.25) is 0 Å². The molecule has 1 heterocycles. The van der Waals surface area contributed by atoms with Crippen molar-refractivity contribution in [2.45, 2.75) is 50.4 Å². The van der Waals surface area contributed by atoms with Gasteiger partial charge in [0.15, 0.2) is 0 Å². The van der Waals surface area contributed by atoms with Crippen LogP contribution >= 0.6 is 15.9 Å². The van der Waals surface area contributed by atoms with Gasteiger partial charge in [-0.05, 0) is 32.6 Å². The van der Waals surface area contributed by atoms with E-state index in [1.165, 1.54) is 17.7 Å². The van der Waals surface area contributed by atoms with Crippen LogP contribution in [-0.2, 0) is 12.8 Å². The SMILES string of the molecule is CC(Br)CC(C)Nc1ncnc2c1CCC2. The average Bonchev–Trinajstić information content (AvgIpc) is 2.65. The summed E-state index contributed by atoms with van der Waals surface area (Å²) in [5.74, 6) is 1.04. The summed E-state index contributed by atoms with van der Waals surface area (Å²) in [5.41, 5.74) is 2.56. The van der Waals surface area contributed by atoms with Crippen molar-refractivity contribution < 1.29 is 0 Å². The number of aromatic nitrogens is 2. The Balaban J connectivity index is 2.07. The van der Waals surface area contributed by atoms with Crippen molar-refractivity contribution in [3.63, 3.8) is 0 Å². The first-order valence-electron chi connectivity index (χ1n) is 5.90. The monoisotopic (exact) mass is 283 g/mol. The van der Waals surface area contributed by atoms with E-state index < -0.39 is 0 Å². The zero-order valence-electron chi connectivity index (χ0n) is 9.83. The number of halogens is 1. The minimum atomic E-state index is 0.439. The van der Waals surface area contributed by atoms with Gasteiger partial charge < -0.3 is 5.32 Å². The molecule has 0 radical (unpaired) electrons.